The SMILES string of the molecule is CC(c1ccccc1Cl)N(C)c1csc(C=O)c1. The Labute approximate surface area is 116 Å². The highest BCUT2D eigenvalue weighted by molar-refractivity contribution is 7.12. The second kappa shape index (κ2) is 5.55. The standard InChI is InChI=1S/C14H14ClNOS/c1-10(13-5-3-4-6-14(13)15)16(2)11-7-12(8-17)18-9-11/h3-10H,1-2H3. The predicted molar refractivity (Wildman–Crippen MR) is 78.0 cm³/mol. The Hall–Kier alpha value is -1.32. The number of hydrogen-bond donors (Lipinski definition) is 0. The third-order valence-electron chi connectivity index (χ3n) is 3.07. The Morgan fingerprint density at radius 3 is 2.72 bits per heavy atom. The topological polar surface area (TPSA) is 20.3 Å². The molecule has 0 amide bonds. The van der Waals surface area contributed by atoms with Crippen LogP contribution in [0, 0.1) is 0 Å². The Morgan fingerprint density at radius 1 is 1.39 bits per heavy atom. The van der Waals surface area contributed by atoms with Crippen molar-refractivity contribution in [1.29, 1.82) is 0 Å². The lowest BCUT2D eigenvalue weighted by atomic mass is 10.1. The zero-order valence-electron chi connectivity index (χ0n) is 10.3. The molecule has 1 unspecified atom stereocenters. The highest BCUT2D eigenvalue weighted by atomic mass is 35.5. The molecule has 0 aliphatic heterocycles. The van der Waals surface area contributed by atoms with Gasteiger partial charge in [0.1, 0.15) is 0 Å². The van der Waals surface area contributed by atoms with Crippen molar-refractivity contribution in [2.24, 2.45) is 0 Å². The van der Waals surface area contributed by atoms with E-state index in [4.69, 9.17) is 11.6 Å². The zero-order valence-corrected chi connectivity index (χ0v) is 11.8. The van der Waals surface area contributed by atoms with Gasteiger partial charge in [-0.15, -0.1) is 11.3 Å². The molecular formula is C14H14ClNOS. The van der Waals surface area contributed by atoms with Crippen molar-refractivity contribution in [3.63, 3.8) is 0 Å². The monoisotopic (exact) mass is 279 g/mol. The van der Waals surface area contributed by atoms with Crippen LogP contribution in [0.3, 0.4) is 0 Å². The number of benzene rings is 1. The van der Waals surface area contributed by atoms with Gasteiger partial charge in [0.25, 0.3) is 0 Å². The van der Waals surface area contributed by atoms with Gasteiger partial charge in [-0.1, -0.05) is 29.8 Å². The lowest BCUT2D eigenvalue weighted by molar-refractivity contribution is 0.112. The molecular weight excluding hydrogens is 266 g/mol. The minimum atomic E-state index is 0.160. The Balaban J connectivity index is 2.26. The molecule has 1 aromatic carbocycles. The number of hydrogen-bond acceptors (Lipinski definition) is 3. The van der Waals surface area contributed by atoms with Crippen molar-refractivity contribution in [1.82, 2.24) is 0 Å². The number of nitrogens with zero attached hydrogens (tertiary/aromatic N) is 1. The van der Waals surface area contributed by atoms with Crippen molar-refractivity contribution in [3.8, 4) is 0 Å². The van der Waals surface area contributed by atoms with E-state index in [1.54, 1.807) is 0 Å². The van der Waals surface area contributed by atoms with E-state index in [1.165, 1.54) is 11.3 Å². The quantitative estimate of drug-likeness (QED) is 0.773. The van der Waals surface area contributed by atoms with Crippen LogP contribution in [0.5, 0.6) is 0 Å². The Kier molecular flexibility index (Phi) is 4.04. The second-order valence-corrected chi connectivity index (χ2v) is 5.48. The first-order valence-corrected chi connectivity index (χ1v) is 6.90. The first-order valence-electron chi connectivity index (χ1n) is 5.64. The molecule has 1 heterocycles. The number of thiophene rings is 1. The van der Waals surface area contributed by atoms with Gasteiger partial charge in [0.15, 0.2) is 6.29 Å². The van der Waals surface area contributed by atoms with E-state index in [1.807, 2.05) is 42.8 Å². The fourth-order valence-corrected chi connectivity index (χ4v) is 2.86. The summed E-state index contributed by atoms with van der Waals surface area (Å²) in [6.07, 6.45) is 0.877. The number of aldehydes is 1. The summed E-state index contributed by atoms with van der Waals surface area (Å²) in [5.41, 5.74) is 2.12. The Bertz CT molecular complexity index is 552. The minimum Gasteiger partial charge on any atom is -0.367 e. The van der Waals surface area contributed by atoms with Crippen molar-refractivity contribution in [3.05, 3.63) is 51.2 Å². The minimum absolute atomic E-state index is 0.160. The van der Waals surface area contributed by atoms with Crippen LogP contribution in [0.1, 0.15) is 28.2 Å². The maximum Gasteiger partial charge on any atom is 0.160 e. The molecule has 0 N–H and O–H groups in total. The first-order chi connectivity index (χ1) is 8.63. The highest BCUT2D eigenvalue weighted by Crippen LogP contribution is 2.31. The predicted octanol–water partition coefficient (Wildman–Crippen LogP) is 4.41. The van der Waals surface area contributed by atoms with Gasteiger partial charge in [-0.3, -0.25) is 4.79 Å². The van der Waals surface area contributed by atoms with Gasteiger partial charge in [-0.25, -0.2) is 0 Å². The summed E-state index contributed by atoms with van der Waals surface area (Å²) in [5, 5.41) is 2.75. The molecule has 18 heavy (non-hydrogen) atoms. The van der Waals surface area contributed by atoms with E-state index in [2.05, 4.69) is 11.8 Å². The van der Waals surface area contributed by atoms with Gasteiger partial charge in [-0.05, 0) is 24.6 Å². The van der Waals surface area contributed by atoms with Crippen molar-refractivity contribution in [2.45, 2.75) is 13.0 Å². The number of halogens is 1. The molecule has 4 heteroatoms. The molecule has 0 saturated heterocycles. The molecule has 0 spiro atoms. The van der Waals surface area contributed by atoms with E-state index < -0.39 is 0 Å². The number of rotatable bonds is 4. The average Bonchev–Trinajstić information content (AvgIpc) is 2.86. The normalized spacial score (nSPS) is 12.2. The summed E-state index contributed by atoms with van der Waals surface area (Å²) in [4.78, 5) is 13.6. The van der Waals surface area contributed by atoms with Gasteiger partial charge < -0.3 is 4.90 Å². The summed E-state index contributed by atoms with van der Waals surface area (Å²) >= 11 is 7.65. The first kappa shape index (κ1) is 13.1. The van der Waals surface area contributed by atoms with Gasteiger partial charge in [0.2, 0.25) is 0 Å². The summed E-state index contributed by atoms with van der Waals surface area (Å²) in [6.45, 7) is 2.10. The lowest BCUT2D eigenvalue weighted by Crippen LogP contribution is -2.21. The van der Waals surface area contributed by atoms with Gasteiger partial charge in [0, 0.05) is 23.1 Å². The lowest BCUT2D eigenvalue weighted by Gasteiger charge is -2.27. The molecule has 1 atom stereocenters. The molecule has 2 rings (SSSR count). The molecule has 2 aromatic rings. The van der Waals surface area contributed by atoms with Gasteiger partial charge in [-0.2, -0.15) is 0 Å². The third-order valence-corrected chi connectivity index (χ3v) is 4.26. The van der Waals surface area contributed by atoms with E-state index >= 15 is 0 Å². The van der Waals surface area contributed by atoms with Crippen molar-refractivity contribution in [2.75, 3.05) is 11.9 Å². The average molecular weight is 280 g/mol. The smallest absolute Gasteiger partial charge is 0.160 e. The Morgan fingerprint density at radius 2 is 2.11 bits per heavy atom. The van der Waals surface area contributed by atoms with E-state index in [0.717, 1.165) is 27.4 Å². The van der Waals surface area contributed by atoms with Crippen molar-refractivity contribution < 1.29 is 4.79 Å². The van der Waals surface area contributed by atoms with Crippen LogP contribution < -0.4 is 4.90 Å². The fourth-order valence-electron chi connectivity index (χ4n) is 1.84. The summed E-state index contributed by atoms with van der Waals surface area (Å²) in [5.74, 6) is 0. The number of carbonyl (C=O) groups is 1. The third kappa shape index (κ3) is 2.57. The van der Waals surface area contributed by atoms with Crippen LogP contribution in [0.25, 0.3) is 0 Å². The molecule has 1 aromatic heterocycles. The second-order valence-electron chi connectivity index (χ2n) is 4.13. The molecule has 0 saturated carbocycles. The molecule has 0 bridgehead atoms. The zero-order chi connectivity index (χ0) is 13.1. The maximum atomic E-state index is 10.7. The maximum absolute atomic E-state index is 10.7. The summed E-state index contributed by atoms with van der Waals surface area (Å²) < 4.78 is 0. The van der Waals surface area contributed by atoms with E-state index in [0.29, 0.717) is 0 Å². The highest BCUT2D eigenvalue weighted by Gasteiger charge is 2.15. The number of anilines is 1. The van der Waals surface area contributed by atoms with Crippen LogP contribution in [-0.4, -0.2) is 13.3 Å². The van der Waals surface area contributed by atoms with Crippen molar-refractivity contribution >= 4 is 34.9 Å². The van der Waals surface area contributed by atoms with E-state index in [-0.39, 0.29) is 6.04 Å². The van der Waals surface area contributed by atoms with Gasteiger partial charge in [0.05, 0.1) is 10.9 Å². The molecule has 0 aliphatic rings. The van der Waals surface area contributed by atoms with Gasteiger partial charge >= 0.3 is 0 Å². The van der Waals surface area contributed by atoms with Crippen LogP contribution in [0.2, 0.25) is 5.02 Å². The van der Waals surface area contributed by atoms with Crippen LogP contribution in [-0.2, 0) is 0 Å². The molecule has 94 valence electrons. The number of carbonyl (C=O) groups excluding carboxylic acids is 1. The van der Waals surface area contributed by atoms with Crippen LogP contribution in [0.15, 0.2) is 35.7 Å². The molecule has 0 fully saturated rings. The summed E-state index contributed by atoms with van der Waals surface area (Å²) in [6, 6.07) is 9.88. The largest absolute Gasteiger partial charge is 0.367 e. The summed E-state index contributed by atoms with van der Waals surface area (Å²) in [7, 11) is 2.00. The van der Waals surface area contributed by atoms with E-state index in [9.17, 15) is 4.79 Å². The van der Waals surface area contributed by atoms with Crippen LogP contribution >= 0.6 is 22.9 Å². The van der Waals surface area contributed by atoms with Crippen LogP contribution in [0.4, 0.5) is 5.69 Å². The molecule has 0 radical (unpaired) electrons. The molecule has 0 aliphatic carbocycles. The fraction of sp³-hybridized carbons (Fsp3) is 0.214. The molecule has 2 nitrogen and oxygen atoms in total.